The number of nitrogens with zero attached hydrogens (tertiary/aromatic N) is 1. The van der Waals surface area contributed by atoms with Crippen molar-refractivity contribution in [2.45, 2.75) is 13.3 Å². The molecule has 136 valence electrons. The molecule has 1 aromatic carbocycles. The minimum absolute atomic E-state index is 0.125. The number of thiophene rings is 1. The van der Waals surface area contributed by atoms with E-state index in [-0.39, 0.29) is 18.8 Å². The third kappa shape index (κ3) is 4.13. The summed E-state index contributed by atoms with van der Waals surface area (Å²) >= 11 is 4.50. The average Bonchev–Trinajstić information content (AvgIpc) is 2.97. The number of rotatable bonds is 7. The Morgan fingerprint density at radius 3 is 2.77 bits per heavy atom. The molecule has 6 nitrogen and oxygen atoms in total. The van der Waals surface area contributed by atoms with Gasteiger partial charge < -0.3 is 14.5 Å². The number of fused-ring (bicyclic) bond motifs is 1. The van der Waals surface area contributed by atoms with E-state index in [2.05, 4.69) is 25.9 Å². The molecule has 0 spiro atoms. The maximum absolute atomic E-state index is 12.4. The van der Waals surface area contributed by atoms with Crippen LogP contribution in [-0.2, 0) is 11.2 Å². The number of aromatic amines is 1. The fourth-order valence-corrected chi connectivity index (χ4v) is 3.94. The minimum Gasteiger partial charge on any atom is -0.490 e. The predicted octanol–water partition coefficient (Wildman–Crippen LogP) is 3.47. The van der Waals surface area contributed by atoms with Crippen molar-refractivity contribution >= 4 is 43.5 Å². The molecule has 0 radical (unpaired) electrons. The van der Waals surface area contributed by atoms with Gasteiger partial charge in [0, 0.05) is 11.8 Å². The number of aryl methyl sites for hydroxylation is 2. The number of aromatic nitrogens is 2. The lowest BCUT2D eigenvalue weighted by molar-refractivity contribution is 0.0455. The Hall–Kier alpha value is -2.19. The highest BCUT2D eigenvalue weighted by Gasteiger charge is 2.20. The van der Waals surface area contributed by atoms with Crippen molar-refractivity contribution < 1.29 is 14.3 Å². The molecular formula is C18H17BrN2O4S. The molecule has 8 heteroatoms. The van der Waals surface area contributed by atoms with Crippen LogP contribution >= 0.6 is 27.3 Å². The summed E-state index contributed by atoms with van der Waals surface area (Å²) in [7, 11) is 0. The third-order valence-electron chi connectivity index (χ3n) is 3.69. The second-order valence-electron chi connectivity index (χ2n) is 5.49. The molecule has 2 aromatic heterocycles. The van der Waals surface area contributed by atoms with E-state index in [1.807, 2.05) is 30.3 Å². The molecule has 26 heavy (non-hydrogen) atoms. The minimum atomic E-state index is -0.469. The maximum Gasteiger partial charge on any atom is 0.348 e. The summed E-state index contributed by atoms with van der Waals surface area (Å²) in [6, 6.07) is 9.31. The zero-order chi connectivity index (χ0) is 18.5. The molecule has 3 rings (SSSR count). The van der Waals surface area contributed by atoms with Gasteiger partial charge in [-0.1, -0.05) is 34.1 Å². The van der Waals surface area contributed by atoms with Crippen molar-refractivity contribution in [3.8, 4) is 5.75 Å². The number of hydrogen-bond acceptors (Lipinski definition) is 6. The number of nitrogens with one attached hydrogen (secondary N) is 1. The Balaban J connectivity index is 1.69. The standard InChI is InChI=1S/C18H17BrN2O4S/c1-11-14-16(22)20-13(7-8-19)21-17(14)26-15(11)18(23)25-10-9-24-12-5-3-2-4-6-12/h2-6H,7-10H2,1H3,(H,20,21,22). The zero-order valence-electron chi connectivity index (χ0n) is 14.1. The van der Waals surface area contributed by atoms with Gasteiger partial charge >= 0.3 is 5.97 Å². The largest absolute Gasteiger partial charge is 0.490 e. The van der Waals surface area contributed by atoms with Gasteiger partial charge in [0.15, 0.2) is 0 Å². The quantitative estimate of drug-likeness (QED) is 0.348. The number of esters is 1. The van der Waals surface area contributed by atoms with Crippen LogP contribution in [0.4, 0.5) is 0 Å². The second-order valence-corrected chi connectivity index (χ2v) is 7.28. The molecule has 0 aliphatic rings. The first-order chi connectivity index (χ1) is 12.6. The second kappa shape index (κ2) is 8.46. The lowest BCUT2D eigenvalue weighted by atomic mass is 10.2. The first-order valence-corrected chi connectivity index (χ1v) is 9.97. The molecule has 0 saturated carbocycles. The van der Waals surface area contributed by atoms with Crippen LogP contribution in [0.3, 0.4) is 0 Å². The van der Waals surface area contributed by atoms with Crippen molar-refractivity contribution in [1.29, 1.82) is 0 Å². The van der Waals surface area contributed by atoms with Gasteiger partial charge in [-0.15, -0.1) is 11.3 Å². The van der Waals surface area contributed by atoms with Gasteiger partial charge in [0.1, 0.15) is 34.5 Å². The Morgan fingerprint density at radius 1 is 1.27 bits per heavy atom. The maximum atomic E-state index is 12.4. The van der Waals surface area contributed by atoms with Gasteiger partial charge in [-0.3, -0.25) is 4.79 Å². The molecule has 0 aliphatic heterocycles. The summed E-state index contributed by atoms with van der Waals surface area (Å²) in [6.45, 7) is 2.12. The molecule has 0 aliphatic carbocycles. The first-order valence-electron chi connectivity index (χ1n) is 8.03. The highest BCUT2D eigenvalue weighted by molar-refractivity contribution is 9.09. The van der Waals surface area contributed by atoms with E-state index in [9.17, 15) is 9.59 Å². The molecule has 0 saturated heterocycles. The molecule has 1 N–H and O–H groups in total. The van der Waals surface area contributed by atoms with Crippen LogP contribution in [0.25, 0.3) is 10.2 Å². The fourth-order valence-electron chi connectivity index (χ4n) is 2.47. The lowest BCUT2D eigenvalue weighted by Crippen LogP contribution is -2.13. The van der Waals surface area contributed by atoms with E-state index in [0.717, 1.165) is 5.75 Å². The molecule has 0 bridgehead atoms. The van der Waals surface area contributed by atoms with E-state index < -0.39 is 5.97 Å². The molecule has 0 atom stereocenters. The fraction of sp³-hybridized carbons (Fsp3) is 0.278. The molecular weight excluding hydrogens is 420 g/mol. The van der Waals surface area contributed by atoms with Crippen LogP contribution in [0.5, 0.6) is 5.75 Å². The van der Waals surface area contributed by atoms with Crippen LogP contribution in [-0.4, -0.2) is 34.5 Å². The molecule has 0 fully saturated rings. The van der Waals surface area contributed by atoms with E-state index in [0.29, 0.717) is 38.2 Å². The van der Waals surface area contributed by atoms with Crippen molar-refractivity contribution in [2.75, 3.05) is 18.5 Å². The van der Waals surface area contributed by atoms with E-state index in [1.54, 1.807) is 6.92 Å². The van der Waals surface area contributed by atoms with Crippen molar-refractivity contribution in [1.82, 2.24) is 9.97 Å². The van der Waals surface area contributed by atoms with Crippen LogP contribution in [0.1, 0.15) is 21.1 Å². The summed E-state index contributed by atoms with van der Waals surface area (Å²) in [6.07, 6.45) is 0.610. The molecule has 0 unspecified atom stereocenters. The van der Waals surface area contributed by atoms with Gasteiger partial charge in [0.05, 0.1) is 5.39 Å². The monoisotopic (exact) mass is 436 g/mol. The summed E-state index contributed by atoms with van der Waals surface area (Å²) in [4.78, 5) is 32.8. The molecule has 0 amide bonds. The van der Waals surface area contributed by atoms with Crippen molar-refractivity contribution in [2.24, 2.45) is 0 Å². The predicted molar refractivity (Wildman–Crippen MR) is 105 cm³/mol. The van der Waals surface area contributed by atoms with E-state index in [4.69, 9.17) is 9.47 Å². The Kier molecular flexibility index (Phi) is 6.05. The van der Waals surface area contributed by atoms with Gasteiger partial charge in [-0.25, -0.2) is 9.78 Å². The number of benzene rings is 1. The highest BCUT2D eigenvalue weighted by atomic mass is 79.9. The Bertz CT molecular complexity index is 968. The number of halogens is 1. The molecule has 3 aromatic rings. The number of hydrogen-bond donors (Lipinski definition) is 1. The number of carbonyl (C=O) groups excluding carboxylic acids is 1. The summed E-state index contributed by atoms with van der Waals surface area (Å²) in [5.41, 5.74) is 0.365. The summed E-state index contributed by atoms with van der Waals surface area (Å²) in [5, 5.41) is 1.14. The SMILES string of the molecule is Cc1c(C(=O)OCCOc2ccccc2)sc2nc(CCBr)[nH]c(=O)c12. The number of alkyl halides is 1. The van der Waals surface area contributed by atoms with Gasteiger partial charge in [-0.05, 0) is 24.6 Å². The normalized spacial score (nSPS) is 10.8. The zero-order valence-corrected chi connectivity index (χ0v) is 16.5. The Morgan fingerprint density at radius 2 is 2.04 bits per heavy atom. The van der Waals surface area contributed by atoms with Crippen LogP contribution in [0, 0.1) is 6.92 Å². The number of para-hydroxylation sites is 1. The summed E-state index contributed by atoms with van der Waals surface area (Å²) in [5.74, 6) is 0.844. The van der Waals surface area contributed by atoms with Gasteiger partial charge in [0.2, 0.25) is 0 Å². The van der Waals surface area contributed by atoms with Crippen LogP contribution in [0.2, 0.25) is 0 Å². The lowest BCUT2D eigenvalue weighted by Gasteiger charge is -2.06. The third-order valence-corrected chi connectivity index (χ3v) is 5.26. The van der Waals surface area contributed by atoms with Crippen LogP contribution < -0.4 is 10.3 Å². The van der Waals surface area contributed by atoms with Crippen molar-refractivity contribution in [3.05, 3.63) is 57.0 Å². The average molecular weight is 437 g/mol. The first kappa shape index (κ1) is 18.6. The van der Waals surface area contributed by atoms with Crippen molar-refractivity contribution in [3.63, 3.8) is 0 Å². The number of carbonyl (C=O) groups is 1. The van der Waals surface area contributed by atoms with E-state index >= 15 is 0 Å². The van der Waals surface area contributed by atoms with Crippen LogP contribution in [0.15, 0.2) is 35.1 Å². The smallest absolute Gasteiger partial charge is 0.348 e. The highest BCUT2D eigenvalue weighted by Crippen LogP contribution is 2.27. The van der Waals surface area contributed by atoms with Gasteiger partial charge in [0.25, 0.3) is 5.56 Å². The molecule has 2 heterocycles. The Labute approximate surface area is 162 Å². The number of ether oxygens (including phenoxy) is 2. The number of H-pyrrole nitrogens is 1. The summed E-state index contributed by atoms with van der Waals surface area (Å²) < 4.78 is 10.8. The van der Waals surface area contributed by atoms with E-state index in [1.165, 1.54) is 11.3 Å². The van der Waals surface area contributed by atoms with Gasteiger partial charge in [-0.2, -0.15) is 0 Å². The topological polar surface area (TPSA) is 81.3 Å².